The minimum Gasteiger partial charge on any atom is -0.480 e. The standard InChI is InChI=1S/C13H17N5O2/c1-13(12(19)20)5-3-4-6-18(13)11-9-7-16-17(2)10(9)14-8-15-11/h7-8H,3-6H2,1-2H3,(H,19,20). The van der Waals surface area contributed by atoms with Gasteiger partial charge >= 0.3 is 5.97 Å². The molecule has 1 N–H and O–H groups in total. The number of carboxylic acid groups (broad SMARTS) is 1. The number of aryl methyl sites for hydroxylation is 1. The van der Waals surface area contributed by atoms with Gasteiger partial charge in [0.2, 0.25) is 0 Å². The van der Waals surface area contributed by atoms with E-state index in [2.05, 4.69) is 15.1 Å². The van der Waals surface area contributed by atoms with Gasteiger partial charge in [-0.05, 0) is 26.2 Å². The van der Waals surface area contributed by atoms with Gasteiger partial charge in [0.25, 0.3) is 0 Å². The molecule has 1 unspecified atom stereocenters. The van der Waals surface area contributed by atoms with Crippen LogP contribution in [0.15, 0.2) is 12.5 Å². The number of carboxylic acids is 1. The first-order valence-electron chi connectivity index (χ1n) is 6.68. The van der Waals surface area contributed by atoms with Crippen LogP contribution in [0.2, 0.25) is 0 Å². The quantitative estimate of drug-likeness (QED) is 0.886. The highest BCUT2D eigenvalue weighted by atomic mass is 16.4. The number of anilines is 1. The van der Waals surface area contributed by atoms with Crippen molar-refractivity contribution in [3.05, 3.63) is 12.5 Å². The minimum absolute atomic E-state index is 0.619. The molecule has 3 heterocycles. The predicted octanol–water partition coefficient (Wildman–Crippen LogP) is 1.20. The second-order valence-corrected chi connectivity index (χ2v) is 5.39. The van der Waals surface area contributed by atoms with E-state index in [-0.39, 0.29) is 0 Å². The Bertz CT molecular complexity index is 668. The predicted molar refractivity (Wildman–Crippen MR) is 73.5 cm³/mol. The zero-order valence-corrected chi connectivity index (χ0v) is 11.6. The van der Waals surface area contributed by atoms with Gasteiger partial charge in [0.15, 0.2) is 5.65 Å². The van der Waals surface area contributed by atoms with Gasteiger partial charge in [-0.25, -0.2) is 14.8 Å². The Morgan fingerprint density at radius 1 is 1.40 bits per heavy atom. The smallest absolute Gasteiger partial charge is 0.329 e. The van der Waals surface area contributed by atoms with Gasteiger partial charge in [-0.3, -0.25) is 4.68 Å². The van der Waals surface area contributed by atoms with Gasteiger partial charge in [-0.1, -0.05) is 0 Å². The average Bonchev–Trinajstić information content (AvgIpc) is 2.81. The molecule has 1 aliphatic rings. The van der Waals surface area contributed by atoms with Crippen LogP contribution in [0.25, 0.3) is 11.0 Å². The topological polar surface area (TPSA) is 84.1 Å². The third-order valence-corrected chi connectivity index (χ3v) is 4.12. The van der Waals surface area contributed by atoms with Crippen LogP contribution >= 0.6 is 0 Å². The monoisotopic (exact) mass is 275 g/mol. The number of hydrogen-bond donors (Lipinski definition) is 1. The lowest BCUT2D eigenvalue weighted by Gasteiger charge is -2.42. The van der Waals surface area contributed by atoms with Crippen LogP contribution in [0.5, 0.6) is 0 Å². The maximum absolute atomic E-state index is 11.7. The lowest BCUT2D eigenvalue weighted by Crippen LogP contribution is -2.55. The maximum Gasteiger partial charge on any atom is 0.329 e. The molecule has 1 saturated heterocycles. The normalized spacial score (nSPS) is 23.2. The summed E-state index contributed by atoms with van der Waals surface area (Å²) < 4.78 is 1.67. The Balaban J connectivity index is 2.15. The second kappa shape index (κ2) is 4.43. The summed E-state index contributed by atoms with van der Waals surface area (Å²) in [6.07, 6.45) is 5.67. The fraction of sp³-hybridized carbons (Fsp3) is 0.538. The summed E-state index contributed by atoms with van der Waals surface area (Å²) in [5.74, 6) is -0.152. The molecular formula is C13H17N5O2. The number of rotatable bonds is 2. The SMILES string of the molecule is Cn1ncc2c(N3CCCCC3(C)C(=O)O)ncnc21. The molecule has 0 bridgehead atoms. The number of carbonyl (C=O) groups is 1. The van der Waals surface area contributed by atoms with Crippen molar-refractivity contribution in [1.82, 2.24) is 19.7 Å². The Kier molecular flexibility index (Phi) is 2.84. The highest BCUT2D eigenvalue weighted by Gasteiger charge is 2.42. The van der Waals surface area contributed by atoms with Crippen molar-refractivity contribution in [2.75, 3.05) is 11.4 Å². The van der Waals surface area contributed by atoms with E-state index < -0.39 is 11.5 Å². The Labute approximate surface area is 116 Å². The Morgan fingerprint density at radius 2 is 2.20 bits per heavy atom. The first kappa shape index (κ1) is 12.8. The lowest BCUT2D eigenvalue weighted by molar-refractivity contribution is -0.143. The van der Waals surface area contributed by atoms with Crippen molar-refractivity contribution in [2.45, 2.75) is 31.7 Å². The van der Waals surface area contributed by atoms with Crippen LogP contribution in [0.1, 0.15) is 26.2 Å². The van der Waals surface area contributed by atoms with Gasteiger partial charge in [0, 0.05) is 13.6 Å². The number of fused-ring (bicyclic) bond motifs is 1. The molecule has 0 radical (unpaired) electrons. The van der Waals surface area contributed by atoms with Crippen LogP contribution in [0, 0.1) is 0 Å². The average molecular weight is 275 g/mol. The zero-order chi connectivity index (χ0) is 14.3. The molecule has 7 nitrogen and oxygen atoms in total. The summed E-state index contributed by atoms with van der Waals surface area (Å²) in [6.45, 7) is 2.45. The van der Waals surface area contributed by atoms with Gasteiger partial charge in [0.1, 0.15) is 17.7 Å². The van der Waals surface area contributed by atoms with E-state index in [0.29, 0.717) is 24.4 Å². The summed E-state index contributed by atoms with van der Waals surface area (Å²) >= 11 is 0. The highest BCUT2D eigenvalue weighted by molar-refractivity contribution is 5.91. The summed E-state index contributed by atoms with van der Waals surface area (Å²) in [5.41, 5.74) is -0.205. The van der Waals surface area contributed by atoms with E-state index >= 15 is 0 Å². The van der Waals surface area contributed by atoms with Crippen molar-refractivity contribution >= 4 is 22.8 Å². The first-order valence-corrected chi connectivity index (χ1v) is 6.68. The molecule has 2 aromatic rings. The number of hydrogen-bond acceptors (Lipinski definition) is 5. The Morgan fingerprint density at radius 3 is 2.95 bits per heavy atom. The van der Waals surface area contributed by atoms with Crippen molar-refractivity contribution < 1.29 is 9.90 Å². The molecule has 1 atom stereocenters. The molecule has 0 amide bonds. The molecule has 20 heavy (non-hydrogen) atoms. The maximum atomic E-state index is 11.7. The van der Waals surface area contributed by atoms with Gasteiger partial charge < -0.3 is 10.0 Å². The fourth-order valence-electron chi connectivity index (χ4n) is 2.85. The van der Waals surface area contributed by atoms with Crippen molar-refractivity contribution in [3.8, 4) is 0 Å². The molecule has 7 heteroatoms. The number of aromatic nitrogens is 4. The number of nitrogens with zero attached hydrogens (tertiary/aromatic N) is 5. The molecule has 0 aromatic carbocycles. The van der Waals surface area contributed by atoms with Crippen LogP contribution in [0.3, 0.4) is 0 Å². The molecule has 2 aromatic heterocycles. The summed E-state index contributed by atoms with van der Waals surface area (Å²) in [5, 5.41) is 14.6. The van der Waals surface area contributed by atoms with Crippen LogP contribution in [-0.4, -0.2) is 42.9 Å². The van der Waals surface area contributed by atoms with E-state index in [1.807, 2.05) is 11.9 Å². The summed E-state index contributed by atoms with van der Waals surface area (Å²) in [6, 6.07) is 0. The second-order valence-electron chi connectivity index (χ2n) is 5.39. The molecule has 3 rings (SSSR count). The third-order valence-electron chi connectivity index (χ3n) is 4.12. The van der Waals surface area contributed by atoms with Crippen molar-refractivity contribution in [1.29, 1.82) is 0 Å². The minimum atomic E-state index is -0.921. The van der Waals surface area contributed by atoms with E-state index in [4.69, 9.17) is 0 Å². The fourth-order valence-corrected chi connectivity index (χ4v) is 2.85. The van der Waals surface area contributed by atoms with E-state index in [1.165, 1.54) is 6.33 Å². The lowest BCUT2D eigenvalue weighted by atomic mass is 9.88. The molecular weight excluding hydrogens is 258 g/mol. The highest BCUT2D eigenvalue weighted by Crippen LogP contribution is 2.35. The largest absolute Gasteiger partial charge is 0.480 e. The first-order chi connectivity index (χ1) is 9.54. The summed E-state index contributed by atoms with van der Waals surface area (Å²) in [7, 11) is 1.81. The molecule has 0 saturated carbocycles. The number of aliphatic carboxylic acids is 1. The van der Waals surface area contributed by atoms with Gasteiger partial charge in [0.05, 0.1) is 11.6 Å². The van der Waals surface area contributed by atoms with Gasteiger partial charge in [-0.2, -0.15) is 5.10 Å². The van der Waals surface area contributed by atoms with Crippen LogP contribution in [-0.2, 0) is 11.8 Å². The van der Waals surface area contributed by atoms with Crippen molar-refractivity contribution in [3.63, 3.8) is 0 Å². The molecule has 106 valence electrons. The summed E-state index contributed by atoms with van der Waals surface area (Å²) in [4.78, 5) is 22.1. The van der Waals surface area contributed by atoms with Crippen molar-refractivity contribution in [2.24, 2.45) is 7.05 Å². The molecule has 1 fully saturated rings. The molecule has 0 aliphatic carbocycles. The third kappa shape index (κ3) is 1.73. The number of piperidine rings is 1. The van der Waals surface area contributed by atoms with Crippen LogP contribution < -0.4 is 4.90 Å². The van der Waals surface area contributed by atoms with E-state index in [1.54, 1.807) is 17.8 Å². The zero-order valence-electron chi connectivity index (χ0n) is 11.6. The van der Waals surface area contributed by atoms with E-state index in [9.17, 15) is 9.90 Å². The van der Waals surface area contributed by atoms with Crippen LogP contribution in [0.4, 0.5) is 5.82 Å². The van der Waals surface area contributed by atoms with E-state index in [0.717, 1.165) is 18.2 Å². The molecule has 0 spiro atoms. The Hall–Kier alpha value is -2.18. The molecule has 1 aliphatic heterocycles. The van der Waals surface area contributed by atoms with Gasteiger partial charge in [-0.15, -0.1) is 0 Å².